The minimum atomic E-state index is -3.80. The van der Waals surface area contributed by atoms with Crippen molar-refractivity contribution in [1.29, 1.82) is 0 Å². The first-order chi connectivity index (χ1) is 11.3. The number of halogens is 2. The van der Waals surface area contributed by atoms with Gasteiger partial charge in [-0.2, -0.15) is 0 Å². The van der Waals surface area contributed by atoms with E-state index in [1.54, 1.807) is 24.3 Å². The Morgan fingerprint density at radius 2 is 1.67 bits per heavy atom. The summed E-state index contributed by atoms with van der Waals surface area (Å²) in [6, 6.07) is 6.94. The maximum absolute atomic E-state index is 13.1. The molecule has 0 bridgehead atoms. The molecule has 0 N–H and O–H groups in total. The smallest absolute Gasteiger partial charge is 0.344 e. The zero-order chi connectivity index (χ0) is 18.2. The van der Waals surface area contributed by atoms with Gasteiger partial charge in [0.05, 0.1) is 13.2 Å². The summed E-state index contributed by atoms with van der Waals surface area (Å²) in [5.41, 5.74) is 0.386. The molecule has 1 atom stereocenters. The largest absolute Gasteiger partial charge is 0.378 e. The Morgan fingerprint density at radius 1 is 1.17 bits per heavy atom. The molecule has 0 aliphatic rings. The van der Waals surface area contributed by atoms with Gasteiger partial charge in [0.2, 0.25) is 6.54 Å². The molecule has 10 heteroatoms. The Kier molecular flexibility index (Phi) is 9.02. The van der Waals surface area contributed by atoms with E-state index in [4.69, 9.17) is 32.2 Å². The maximum atomic E-state index is 13.1. The molecule has 1 aromatic rings. The number of benzene rings is 1. The fraction of sp³-hybridized carbons (Fsp3) is 0.571. The highest BCUT2D eigenvalue weighted by molar-refractivity contribution is 7.54. The Labute approximate surface area is 151 Å². The Balaban J connectivity index is 3.19. The van der Waals surface area contributed by atoms with Gasteiger partial charge >= 0.3 is 7.60 Å². The van der Waals surface area contributed by atoms with Gasteiger partial charge in [0.1, 0.15) is 0 Å². The molecule has 0 fully saturated rings. The summed E-state index contributed by atoms with van der Waals surface area (Å²) in [6.45, 7) is -0.653. The molecular formula is C14H21Cl2N2O5P. The lowest BCUT2D eigenvalue weighted by atomic mass is 10.1. The van der Waals surface area contributed by atoms with Crippen LogP contribution in [-0.4, -0.2) is 50.5 Å². The van der Waals surface area contributed by atoms with Crippen molar-refractivity contribution < 1.29 is 18.5 Å². The number of nitro groups is 1. The van der Waals surface area contributed by atoms with E-state index >= 15 is 0 Å². The van der Waals surface area contributed by atoms with Crippen molar-refractivity contribution >= 4 is 36.5 Å². The van der Waals surface area contributed by atoms with Crippen LogP contribution in [0.4, 0.5) is 5.69 Å². The van der Waals surface area contributed by atoms with E-state index in [1.807, 2.05) is 19.0 Å². The number of anilines is 1. The summed E-state index contributed by atoms with van der Waals surface area (Å²) in [6.07, 6.45) is 0. The SMILES string of the molecule is CN(C)c1ccc([C@@H](C[N+](=O)[O-])P(=O)(OCCCl)OCCCl)cc1. The molecule has 0 saturated heterocycles. The first-order valence-electron chi connectivity index (χ1n) is 7.24. The average molecular weight is 399 g/mol. The zero-order valence-electron chi connectivity index (χ0n) is 13.6. The summed E-state index contributed by atoms with van der Waals surface area (Å²) in [5.74, 6) is 0.192. The van der Waals surface area contributed by atoms with Crippen LogP contribution in [0.25, 0.3) is 0 Å². The van der Waals surface area contributed by atoms with Crippen LogP contribution in [0.15, 0.2) is 24.3 Å². The third-order valence-corrected chi connectivity index (χ3v) is 5.81. The fourth-order valence-corrected chi connectivity index (χ4v) is 4.43. The normalized spacial score (nSPS) is 12.8. The number of rotatable bonds is 11. The molecule has 0 amide bonds. The van der Waals surface area contributed by atoms with E-state index < -0.39 is 24.7 Å². The lowest BCUT2D eigenvalue weighted by Crippen LogP contribution is -2.17. The highest BCUT2D eigenvalue weighted by Gasteiger charge is 2.41. The first kappa shape index (κ1) is 21.2. The van der Waals surface area contributed by atoms with E-state index in [-0.39, 0.29) is 25.0 Å². The van der Waals surface area contributed by atoms with E-state index in [9.17, 15) is 14.7 Å². The van der Waals surface area contributed by atoms with Crippen molar-refractivity contribution in [3.63, 3.8) is 0 Å². The van der Waals surface area contributed by atoms with Crippen LogP contribution in [0.1, 0.15) is 11.2 Å². The summed E-state index contributed by atoms with van der Waals surface area (Å²) < 4.78 is 23.7. The molecule has 7 nitrogen and oxygen atoms in total. The molecule has 0 unspecified atom stereocenters. The molecule has 1 aromatic carbocycles. The summed E-state index contributed by atoms with van der Waals surface area (Å²) in [4.78, 5) is 12.4. The van der Waals surface area contributed by atoms with Gasteiger partial charge < -0.3 is 13.9 Å². The highest BCUT2D eigenvalue weighted by Crippen LogP contribution is 2.61. The average Bonchev–Trinajstić information content (AvgIpc) is 2.56. The summed E-state index contributed by atoms with van der Waals surface area (Å²) >= 11 is 11.2. The van der Waals surface area contributed by atoms with Crippen LogP contribution in [0.3, 0.4) is 0 Å². The Bertz CT molecular complexity index is 559. The quantitative estimate of drug-likeness (QED) is 0.244. The Hall–Kier alpha value is -0.850. The second kappa shape index (κ2) is 10.2. The lowest BCUT2D eigenvalue weighted by Gasteiger charge is -2.25. The van der Waals surface area contributed by atoms with Crippen LogP contribution in [0.5, 0.6) is 0 Å². The van der Waals surface area contributed by atoms with Gasteiger partial charge in [-0.3, -0.25) is 14.7 Å². The monoisotopic (exact) mass is 398 g/mol. The molecule has 0 aliphatic heterocycles. The third kappa shape index (κ3) is 6.22. The van der Waals surface area contributed by atoms with Gasteiger partial charge in [0.15, 0.2) is 5.66 Å². The standard InChI is InChI=1S/C14H21Cl2N2O5P/c1-17(2)13-5-3-12(4-6-13)14(11-18(19)20)24(21,22-9-7-15)23-10-8-16/h3-6,14H,7-11H2,1-2H3/t14-/m1/s1. The van der Waals surface area contributed by atoms with Crippen molar-refractivity contribution in [1.82, 2.24) is 0 Å². The van der Waals surface area contributed by atoms with Crippen molar-refractivity contribution in [2.24, 2.45) is 0 Å². The van der Waals surface area contributed by atoms with Crippen molar-refractivity contribution in [3.8, 4) is 0 Å². The van der Waals surface area contributed by atoms with Crippen molar-refractivity contribution in [2.75, 3.05) is 50.5 Å². The predicted molar refractivity (Wildman–Crippen MR) is 96.3 cm³/mol. The van der Waals surface area contributed by atoms with Crippen molar-refractivity contribution in [2.45, 2.75) is 5.66 Å². The van der Waals surface area contributed by atoms with Gasteiger partial charge in [-0.1, -0.05) is 12.1 Å². The van der Waals surface area contributed by atoms with Crippen LogP contribution in [-0.2, 0) is 13.6 Å². The number of hydrogen-bond donors (Lipinski definition) is 0. The van der Waals surface area contributed by atoms with E-state index in [0.717, 1.165) is 5.69 Å². The number of alkyl halides is 2. The van der Waals surface area contributed by atoms with Gasteiger partial charge in [0.25, 0.3) is 0 Å². The molecular weight excluding hydrogens is 378 g/mol. The van der Waals surface area contributed by atoms with Gasteiger partial charge in [-0.25, -0.2) is 0 Å². The van der Waals surface area contributed by atoms with E-state index in [2.05, 4.69) is 0 Å². The molecule has 0 radical (unpaired) electrons. The third-order valence-electron chi connectivity index (χ3n) is 3.19. The van der Waals surface area contributed by atoms with Gasteiger partial charge in [-0.05, 0) is 17.7 Å². The summed E-state index contributed by atoms with van der Waals surface area (Å²) in [5, 5.41) is 11.1. The minimum Gasteiger partial charge on any atom is -0.378 e. The second-order valence-electron chi connectivity index (χ2n) is 5.10. The van der Waals surface area contributed by atoms with Crippen molar-refractivity contribution in [3.05, 3.63) is 39.9 Å². The predicted octanol–water partition coefficient (Wildman–Crippen LogP) is 3.77. The fourth-order valence-electron chi connectivity index (χ4n) is 2.06. The topological polar surface area (TPSA) is 81.9 Å². The van der Waals surface area contributed by atoms with Gasteiger partial charge in [0, 0.05) is 36.5 Å². The first-order valence-corrected chi connectivity index (χ1v) is 9.92. The van der Waals surface area contributed by atoms with Crippen LogP contribution in [0.2, 0.25) is 0 Å². The van der Waals surface area contributed by atoms with E-state index in [1.165, 1.54) is 0 Å². The number of hydrogen-bond acceptors (Lipinski definition) is 6. The van der Waals surface area contributed by atoms with Crippen LogP contribution < -0.4 is 4.90 Å². The molecule has 0 aromatic heterocycles. The van der Waals surface area contributed by atoms with Crippen LogP contribution in [0, 0.1) is 10.1 Å². The Morgan fingerprint density at radius 3 is 2.04 bits per heavy atom. The molecule has 0 aliphatic carbocycles. The molecule has 0 spiro atoms. The van der Waals surface area contributed by atoms with Gasteiger partial charge in [-0.15, -0.1) is 23.2 Å². The molecule has 136 valence electrons. The lowest BCUT2D eigenvalue weighted by molar-refractivity contribution is -0.480. The maximum Gasteiger partial charge on any atom is 0.344 e. The molecule has 24 heavy (non-hydrogen) atoms. The molecule has 1 rings (SSSR count). The second-order valence-corrected chi connectivity index (χ2v) is 8.08. The van der Waals surface area contributed by atoms with E-state index in [0.29, 0.717) is 5.56 Å². The highest BCUT2D eigenvalue weighted by atomic mass is 35.5. The summed E-state index contributed by atoms with van der Waals surface area (Å²) in [7, 11) is -0.0482. The number of nitrogens with zero attached hydrogens (tertiary/aromatic N) is 2. The molecule has 0 heterocycles. The minimum absolute atomic E-state index is 0.0366. The molecule has 0 saturated carbocycles. The van der Waals surface area contributed by atoms with Crippen LogP contribution >= 0.6 is 30.8 Å². The zero-order valence-corrected chi connectivity index (χ0v) is 16.0.